The first-order chi connectivity index (χ1) is 26.1. The number of hydrogen-bond acceptors (Lipinski definition) is 22. The Kier molecular flexibility index (Phi) is 12.0. The number of aromatic hydroxyl groups is 4. The molecule has 22 heteroatoms. The van der Waals surface area contributed by atoms with Crippen molar-refractivity contribution in [3.05, 3.63) is 40.6 Å². The summed E-state index contributed by atoms with van der Waals surface area (Å²) < 4.78 is 39.6. The van der Waals surface area contributed by atoms with Gasteiger partial charge in [-0.3, -0.25) is 4.79 Å². The molecule has 3 aliphatic heterocycles. The SMILES string of the molecule is O=c1c(OC2OC(COC3OC(CO)C(O)C(O)C3O)C(O)C(O)C2OC2OC(CO)C(O)C(O)C2O)c(-c2ccc(O)c(O)c2)oc2cc(O)cc(O)c12. The highest BCUT2D eigenvalue weighted by Gasteiger charge is 2.53. The van der Waals surface area contributed by atoms with E-state index in [-0.39, 0.29) is 5.56 Å². The molecule has 0 amide bonds. The predicted molar refractivity (Wildman–Crippen MR) is 174 cm³/mol. The molecule has 3 aromatic rings. The van der Waals surface area contributed by atoms with Crippen LogP contribution in [0.25, 0.3) is 22.3 Å². The average Bonchev–Trinajstić information content (AvgIpc) is 3.15. The second kappa shape index (κ2) is 16.3. The van der Waals surface area contributed by atoms with Crippen LogP contribution in [-0.2, 0) is 23.7 Å². The first kappa shape index (κ1) is 40.7. The van der Waals surface area contributed by atoms with E-state index in [9.17, 15) is 76.3 Å². The van der Waals surface area contributed by atoms with E-state index < -0.39 is 163 Å². The zero-order chi connectivity index (χ0) is 40.0. The van der Waals surface area contributed by atoms with Crippen molar-refractivity contribution >= 4 is 11.0 Å². The van der Waals surface area contributed by atoms with Gasteiger partial charge in [0.05, 0.1) is 19.8 Å². The predicted octanol–water partition coefficient (Wildman–Crippen LogP) is -4.89. The fourth-order valence-corrected chi connectivity index (χ4v) is 6.36. The highest BCUT2D eigenvalue weighted by molar-refractivity contribution is 5.88. The van der Waals surface area contributed by atoms with Crippen LogP contribution in [0.1, 0.15) is 0 Å². The minimum absolute atomic E-state index is 0.141. The number of ether oxygens (including phenoxy) is 6. The van der Waals surface area contributed by atoms with Crippen molar-refractivity contribution in [3.63, 3.8) is 0 Å². The first-order valence-corrected chi connectivity index (χ1v) is 16.7. The van der Waals surface area contributed by atoms with Crippen molar-refractivity contribution in [2.45, 2.75) is 92.1 Å². The van der Waals surface area contributed by atoms with Crippen LogP contribution >= 0.6 is 0 Å². The van der Waals surface area contributed by atoms with Gasteiger partial charge < -0.3 is 104 Å². The zero-order valence-electron chi connectivity index (χ0n) is 28.2. The smallest absolute Gasteiger partial charge is 0.239 e. The quantitative estimate of drug-likeness (QED) is 0.0856. The Morgan fingerprint density at radius 2 is 1.18 bits per heavy atom. The van der Waals surface area contributed by atoms with Gasteiger partial charge >= 0.3 is 0 Å². The van der Waals surface area contributed by atoms with Crippen LogP contribution in [0.15, 0.2) is 39.5 Å². The molecule has 6 rings (SSSR count). The molecule has 0 radical (unpaired) electrons. The number of benzene rings is 2. The maximum atomic E-state index is 14.1. The molecule has 22 nitrogen and oxygen atoms in total. The van der Waals surface area contributed by atoms with E-state index in [0.29, 0.717) is 0 Å². The fourth-order valence-electron chi connectivity index (χ4n) is 6.36. The van der Waals surface area contributed by atoms with E-state index in [2.05, 4.69) is 0 Å². The van der Waals surface area contributed by atoms with Crippen molar-refractivity contribution in [1.29, 1.82) is 0 Å². The average molecular weight is 789 g/mol. The summed E-state index contributed by atoms with van der Waals surface area (Å²) in [7, 11) is 0. The van der Waals surface area contributed by atoms with Gasteiger partial charge in [-0.05, 0) is 18.2 Å². The van der Waals surface area contributed by atoms with Crippen molar-refractivity contribution in [2.24, 2.45) is 0 Å². The van der Waals surface area contributed by atoms with Crippen LogP contribution < -0.4 is 10.2 Å². The van der Waals surface area contributed by atoms with E-state index in [1.807, 2.05) is 0 Å². The summed E-state index contributed by atoms with van der Waals surface area (Å²) in [5.41, 5.74) is -1.68. The lowest BCUT2D eigenvalue weighted by Gasteiger charge is -2.46. The Labute approximate surface area is 307 Å². The van der Waals surface area contributed by atoms with Gasteiger partial charge in [-0.1, -0.05) is 0 Å². The van der Waals surface area contributed by atoms with Gasteiger partial charge in [0.15, 0.2) is 35.9 Å². The molecule has 15 atom stereocenters. The highest BCUT2D eigenvalue weighted by atomic mass is 16.8. The van der Waals surface area contributed by atoms with Crippen LogP contribution in [0, 0.1) is 0 Å². The molecule has 0 spiro atoms. The van der Waals surface area contributed by atoms with E-state index in [4.69, 9.17) is 32.8 Å². The number of fused-ring (bicyclic) bond motifs is 1. The number of rotatable bonds is 10. The summed E-state index contributed by atoms with van der Waals surface area (Å²) in [5.74, 6) is -3.93. The maximum absolute atomic E-state index is 14.1. The fraction of sp³-hybridized carbons (Fsp3) is 0.545. The normalized spacial score (nSPS) is 36.9. The number of phenolic OH excluding ortho intramolecular Hbond substituents is 4. The standard InChI is InChI=1S/C33H40O22/c34-6-15-19(40)23(44)26(47)31(51-15)49-8-17-21(42)25(46)30(55-32-27(48)24(45)20(41)16(7-35)52-32)33(53-17)54-29-22(43)18-13(39)4-10(36)5-14(18)50-28(29)9-1-2-11(37)12(38)3-9/h1-5,15-17,19-21,23-27,30-42,44-48H,6-8H2. The highest BCUT2D eigenvalue weighted by Crippen LogP contribution is 2.40. The van der Waals surface area contributed by atoms with Crippen molar-refractivity contribution < 1.29 is 104 Å². The molecule has 0 saturated carbocycles. The third-order valence-electron chi connectivity index (χ3n) is 9.45. The van der Waals surface area contributed by atoms with Gasteiger partial charge in [0.25, 0.3) is 0 Å². The molecule has 0 bridgehead atoms. The summed E-state index contributed by atoms with van der Waals surface area (Å²) >= 11 is 0. The minimum atomic E-state index is -2.14. The molecule has 0 aliphatic carbocycles. The topological polar surface area (TPSA) is 369 Å². The molecule has 14 N–H and O–H groups in total. The van der Waals surface area contributed by atoms with Gasteiger partial charge in [0, 0.05) is 17.7 Å². The summed E-state index contributed by atoms with van der Waals surface area (Å²) in [4.78, 5) is 14.1. The van der Waals surface area contributed by atoms with Crippen LogP contribution in [-0.4, -0.2) is 183 Å². The lowest BCUT2D eigenvalue weighted by atomic mass is 9.97. The number of aliphatic hydroxyl groups excluding tert-OH is 10. The lowest BCUT2D eigenvalue weighted by molar-refractivity contribution is -0.363. The van der Waals surface area contributed by atoms with Crippen LogP contribution in [0.3, 0.4) is 0 Å². The third kappa shape index (κ3) is 7.76. The molecule has 3 fully saturated rings. The number of hydrogen-bond donors (Lipinski definition) is 14. The van der Waals surface area contributed by atoms with Crippen LogP contribution in [0.4, 0.5) is 0 Å². The van der Waals surface area contributed by atoms with Gasteiger partial charge in [0.2, 0.25) is 17.5 Å². The Bertz CT molecular complexity index is 1870. The van der Waals surface area contributed by atoms with E-state index in [1.54, 1.807) is 0 Å². The molecule has 3 saturated heterocycles. The Balaban J connectivity index is 1.40. The van der Waals surface area contributed by atoms with Gasteiger partial charge in [-0.15, -0.1) is 0 Å². The molecule has 3 aliphatic rings. The molecule has 304 valence electrons. The molecule has 15 unspecified atom stereocenters. The van der Waals surface area contributed by atoms with Crippen LogP contribution in [0.2, 0.25) is 0 Å². The molecular formula is C33H40O22. The number of phenols is 4. The molecular weight excluding hydrogens is 748 g/mol. The minimum Gasteiger partial charge on any atom is -0.508 e. The van der Waals surface area contributed by atoms with Gasteiger partial charge in [0.1, 0.15) is 89.6 Å². The maximum Gasteiger partial charge on any atom is 0.239 e. The summed E-state index contributed by atoms with van der Waals surface area (Å²) in [6.07, 6.45) is -28.0. The Morgan fingerprint density at radius 1 is 0.600 bits per heavy atom. The van der Waals surface area contributed by atoms with E-state index >= 15 is 0 Å². The van der Waals surface area contributed by atoms with Crippen molar-refractivity contribution in [1.82, 2.24) is 0 Å². The first-order valence-electron chi connectivity index (χ1n) is 16.7. The number of aliphatic hydroxyl groups is 10. The molecule has 2 aromatic carbocycles. The zero-order valence-corrected chi connectivity index (χ0v) is 28.2. The lowest BCUT2D eigenvalue weighted by Crippen LogP contribution is -2.65. The van der Waals surface area contributed by atoms with Gasteiger partial charge in [-0.2, -0.15) is 0 Å². The summed E-state index contributed by atoms with van der Waals surface area (Å²) in [6, 6.07) is 4.93. The largest absolute Gasteiger partial charge is 0.508 e. The van der Waals surface area contributed by atoms with Crippen LogP contribution in [0.5, 0.6) is 28.7 Å². The Morgan fingerprint density at radius 3 is 1.80 bits per heavy atom. The van der Waals surface area contributed by atoms with E-state index in [1.165, 1.54) is 6.07 Å². The molecule has 1 aromatic heterocycles. The monoisotopic (exact) mass is 788 g/mol. The molecule has 55 heavy (non-hydrogen) atoms. The second-order valence-electron chi connectivity index (χ2n) is 13.1. The van der Waals surface area contributed by atoms with Gasteiger partial charge in [-0.25, -0.2) is 0 Å². The van der Waals surface area contributed by atoms with E-state index in [0.717, 1.165) is 24.3 Å². The Hall–Kier alpha value is -3.95. The van der Waals surface area contributed by atoms with Crippen molar-refractivity contribution in [2.75, 3.05) is 19.8 Å². The van der Waals surface area contributed by atoms with Crippen molar-refractivity contribution in [3.8, 4) is 40.1 Å². The third-order valence-corrected chi connectivity index (χ3v) is 9.45. The molecule has 4 heterocycles. The summed E-state index contributed by atoms with van der Waals surface area (Å²) in [6.45, 7) is -2.49. The second-order valence-corrected chi connectivity index (χ2v) is 13.1. The summed E-state index contributed by atoms with van der Waals surface area (Å²) in [5, 5.41) is 144.